The highest BCUT2D eigenvalue weighted by Gasteiger charge is 2.32. The molecule has 1 aromatic rings. The third-order valence-corrected chi connectivity index (χ3v) is 4.33. The minimum Gasteiger partial charge on any atom is -0.354 e. The molecule has 1 unspecified atom stereocenters. The molecule has 19 heavy (non-hydrogen) atoms. The van der Waals surface area contributed by atoms with Gasteiger partial charge in [-0.25, -0.2) is 0 Å². The summed E-state index contributed by atoms with van der Waals surface area (Å²) >= 11 is 3.44. The third kappa shape index (κ3) is 3.57. The van der Waals surface area contributed by atoms with Crippen LogP contribution in [0.2, 0.25) is 0 Å². The van der Waals surface area contributed by atoms with Gasteiger partial charge >= 0.3 is 0 Å². The Labute approximate surface area is 123 Å². The minimum absolute atomic E-state index is 0.0294. The second kappa shape index (κ2) is 5.63. The summed E-state index contributed by atoms with van der Waals surface area (Å²) in [6.07, 6.45) is 2.40. The van der Waals surface area contributed by atoms with E-state index in [1.54, 1.807) is 0 Å². The first-order valence-corrected chi connectivity index (χ1v) is 7.50. The molecule has 1 aliphatic rings. The number of nitrogens with one attached hydrogen (secondary N) is 1. The molecule has 0 radical (unpaired) electrons. The number of carbonyl (C=O) groups excluding carboxylic acids is 1. The predicted molar refractivity (Wildman–Crippen MR) is 80.9 cm³/mol. The topological polar surface area (TPSA) is 55.1 Å². The molecule has 104 valence electrons. The summed E-state index contributed by atoms with van der Waals surface area (Å²) in [6, 6.07) is 7.97. The fourth-order valence-electron chi connectivity index (χ4n) is 2.13. The van der Waals surface area contributed by atoms with Gasteiger partial charge in [0.25, 0.3) is 0 Å². The van der Waals surface area contributed by atoms with E-state index in [9.17, 15) is 4.79 Å². The molecule has 1 amide bonds. The lowest BCUT2D eigenvalue weighted by atomic mass is 9.83. The van der Waals surface area contributed by atoms with E-state index in [2.05, 4.69) is 21.2 Å². The van der Waals surface area contributed by atoms with E-state index >= 15 is 0 Å². The van der Waals surface area contributed by atoms with E-state index in [-0.39, 0.29) is 11.9 Å². The van der Waals surface area contributed by atoms with E-state index in [0.717, 1.165) is 10.0 Å². The Morgan fingerprint density at radius 2 is 2.21 bits per heavy atom. The van der Waals surface area contributed by atoms with Gasteiger partial charge in [-0.15, -0.1) is 0 Å². The number of hydrogen-bond acceptors (Lipinski definition) is 2. The number of halogens is 1. The van der Waals surface area contributed by atoms with E-state index in [0.29, 0.717) is 12.5 Å². The Kier molecular flexibility index (Phi) is 4.31. The van der Waals surface area contributed by atoms with E-state index in [1.165, 1.54) is 12.8 Å². The lowest BCUT2D eigenvalue weighted by Crippen LogP contribution is -2.45. The molecule has 1 aliphatic carbocycles. The summed E-state index contributed by atoms with van der Waals surface area (Å²) in [5, 5.41) is 2.98. The lowest BCUT2D eigenvalue weighted by molar-refractivity contribution is -0.125. The molecule has 3 nitrogen and oxygen atoms in total. The molecule has 1 aromatic carbocycles. The molecule has 4 heteroatoms. The van der Waals surface area contributed by atoms with E-state index < -0.39 is 5.41 Å². The van der Waals surface area contributed by atoms with Crippen molar-refractivity contribution in [3.63, 3.8) is 0 Å². The van der Waals surface area contributed by atoms with Crippen molar-refractivity contribution in [2.24, 2.45) is 11.7 Å². The van der Waals surface area contributed by atoms with Gasteiger partial charge in [-0.05, 0) is 50.3 Å². The van der Waals surface area contributed by atoms with Gasteiger partial charge in [0.2, 0.25) is 5.91 Å². The quantitative estimate of drug-likeness (QED) is 0.874. The normalized spacial score (nSPS) is 17.1. The number of carbonyl (C=O) groups is 1. The molecular weight excluding hydrogens is 304 g/mol. The van der Waals surface area contributed by atoms with E-state index in [1.807, 2.05) is 38.1 Å². The second-order valence-electron chi connectivity index (χ2n) is 5.85. The van der Waals surface area contributed by atoms with E-state index in [4.69, 9.17) is 5.73 Å². The third-order valence-electron chi connectivity index (χ3n) is 3.84. The molecular formula is C15H21BrN2O. The highest BCUT2D eigenvalue weighted by molar-refractivity contribution is 9.10. The summed E-state index contributed by atoms with van der Waals surface area (Å²) in [4.78, 5) is 12.3. The Morgan fingerprint density at radius 1 is 1.53 bits per heavy atom. The average molecular weight is 325 g/mol. The molecule has 0 spiro atoms. The maximum atomic E-state index is 12.3. The number of nitrogens with two attached hydrogens (primary N) is 1. The van der Waals surface area contributed by atoms with Gasteiger partial charge in [0.15, 0.2) is 0 Å². The fourth-order valence-corrected chi connectivity index (χ4v) is 2.53. The number of rotatable bonds is 5. The molecule has 1 fully saturated rings. The number of hydrogen-bond donors (Lipinski definition) is 2. The van der Waals surface area contributed by atoms with Crippen molar-refractivity contribution in [1.29, 1.82) is 0 Å². The number of benzene rings is 1. The smallest absolute Gasteiger partial charge is 0.230 e. The summed E-state index contributed by atoms with van der Waals surface area (Å²) in [5.41, 5.74) is 6.46. The highest BCUT2D eigenvalue weighted by atomic mass is 79.9. The monoisotopic (exact) mass is 324 g/mol. The first kappa shape index (κ1) is 14.5. The largest absolute Gasteiger partial charge is 0.354 e. The maximum Gasteiger partial charge on any atom is 0.230 e. The minimum atomic E-state index is -0.549. The molecule has 0 aromatic heterocycles. The van der Waals surface area contributed by atoms with Crippen LogP contribution < -0.4 is 11.1 Å². The van der Waals surface area contributed by atoms with Crippen molar-refractivity contribution >= 4 is 21.8 Å². The van der Waals surface area contributed by atoms with Crippen molar-refractivity contribution in [2.75, 3.05) is 6.54 Å². The van der Waals surface area contributed by atoms with Crippen LogP contribution in [0, 0.1) is 5.92 Å². The zero-order chi connectivity index (χ0) is 14.0. The van der Waals surface area contributed by atoms with Gasteiger partial charge in [0.1, 0.15) is 0 Å². The first-order chi connectivity index (χ1) is 8.91. The molecule has 0 aliphatic heterocycles. The van der Waals surface area contributed by atoms with Crippen LogP contribution >= 0.6 is 15.9 Å². The molecule has 1 atom stereocenters. The van der Waals surface area contributed by atoms with Crippen LogP contribution in [0.3, 0.4) is 0 Å². The standard InChI is InChI=1S/C15H21BrN2O/c1-15(2,11-4-3-5-12(16)8-11)14(19)18-9-13(17)10-6-7-10/h3-5,8,10,13H,6-7,9,17H2,1-2H3,(H,18,19). The molecule has 0 heterocycles. The Hall–Kier alpha value is -0.870. The van der Waals surface area contributed by atoms with Gasteiger partial charge in [-0.1, -0.05) is 28.1 Å². The first-order valence-electron chi connectivity index (χ1n) is 6.71. The second-order valence-corrected chi connectivity index (χ2v) is 6.76. The van der Waals surface area contributed by atoms with Gasteiger partial charge in [0, 0.05) is 17.1 Å². The summed E-state index contributed by atoms with van der Waals surface area (Å²) < 4.78 is 0.987. The van der Waals surface area contributed by atoms with Crippen LogP contribution in [0.4, 0.5) is 0 Å². The Bertz CT molecular complexity index is 469. The molecule has 0 saturated heterocycles. The SMILES string of the molecule is CC(C)(C(=O)NCC(N)C1CC1)c1cccc(Br)c1. The maximum absolute atomic E-state index is 12.3. The lowest BCUT2D eigenvalue weighted by Gasteiger charge is -2.25. The zero-order valence-corrected chi connectivity index (χ0v) is 13.0. The fraction of sp³-hybridized carbons (Fsp3) is 0.533. The van der Waals surface area contributed by atoms with Crippen LogP contribution in [-0.4, -0.2) is 18.5 Å². The van der Waals surface area contributed by atoms with Crippen LogP contribution in [0.15, 0.2) is 28.7 Å². The number of amides is 1. The van der Waals surface area contributed by atoms with Crippen LogP contribution in [0.25, 0.3) is 0 Å². The molecule has 3 N–H and O–H groups in total. The zero-order valence-electron chi connectivity index (χ0n) is 11.4. The van der Waals surface area contributed by atoms with Crippen molar-refractivity contribution < 1.29 is 4.79 Å². The van der Waals surface area contributed by atoms with Crippen LogP contribution in [0.5, 0.6) is 0 Å². The predicted octanol–water partition coefficient (Wildman–Crippen LogP) is 2.58. The average Bonchev–Trinajstić information content (AvgIpc) is 3.19. The van der Waals surface area contributed by atoms with Crippen molar-refractivity contribution in [2.45, 2.75) is 38.1 Å². The molecule has 1 saturated carbocycles. The summed E-state index contributed by atoms with van der Waals surface area (Å²) in [5.74, 6) is 0.635. The van der Waals surface area contributed by atoms with Crippen LogP contribution in [0.1, 0.15) is 32.3 Å². The van der Waals surface area contributed by atoms with Crippen LogP contribution in [-0.2, 0) is 10.2 Å². The van der Waals surface area contributed by atoms with Crippen molar-refractivity contribution in [1.82, 2.24) is 5.32 Å². The van der Waals surface area contributed by atoms with Crippen molar-refractivity contribution in [3.8, 4) is 0 Å². The summed E-state index contributed by atoms with van der Waals surface area (Å²) in [6.45, 7) is 4.44. The van der Waals surface area contributed by atoms with Crippen molar-refractivity contribution in [3.05, 3.63) is 34.3 Å². The van der Waals surface area contributed by atoms with Gasteiger partial charge in [0.05, 0.1) is 5.41 Å². The Morgan fingerprint density at radius 3 is 2.79 bits per heavy atom. The van der Waals surface area contributed by atoms with Gasteiger partial charge < -0.3 is 11.1 Å². The molecule has 0 bridgehead atoms. The Balaban J connectivity index is 1.99. The molecule has 2 rings (SSSR count). The summed E-state index contributed by atoms with van der Waals surface area (Å²) in [7, 11) is 0. The highest BCUT2D eigenvalue weighted by Crippen LogP contribution is 2.31. The van der Waals surface area contributed by atoms with Gasteiger partial charge in [-0.3, -0.25) is 4.79 Å². The van der Waals surface area contributed by atoms with Gasteiger partial charge in [-0.2, -0.15) is 0 Å².